The monoisotopic (exact) mass is 778 g/mol. The van der Waals surface area contributed by atoms with Gasteiger partial charge in [0.05, 0.1) is 46.1 Å². The number of aromatic nitrogens is 1. The Kier molecular flexibility index (Phi) is 11.1. The molecule has 1 atom stereocenters. The predicted octanol–water partition coefficient (Wildman–Crippen LogP) is 7.90. The Hall–Kier alpha value is -3.28. The molecule has 5 rings (SSSR count). The average molecular weight is 781 g/mol. The molecule has 0 unspecified atom stereocenters. The Morgan fingerprint density at radius 2 is 1.85 bits per heavy atom. The minimum atomic E-state index is -0.844. The highest BCUT2D eigenvalue weighted by Gasteiger charge is 2.34. The molecule has 0 N–H and O–H groups in total. The van der Waals surface area contributed by atoms with Gasteiger partial charge >= 0.3 is 5.97 Å². The van der Waals surface area contributed by atoms with E-state index >= 15 is 0 Å². The molecule has 13 heteroatoms. The summed E-state index contributed by atoms with van der Waals surface area (Å²) in [6, 6.07) is 13.1. The van der Waals surface area contributed by atoms with Crippen LogP contribution in [0.2, 0.25) is 15.1 Å². The molecule has 0 radical (unpaired) electrons. The number of hydrogen-bond donors (Lipinski definition) is 0. The van der Waals surface area contributed by atoms with Crippen LogP contribution < -0.4 is 29.1 Å². The van der Waals surface area contributed by atoms with Crippen molar-refractivity contribution >= 4 is 74.1 Å². The number of halogens is 4. The van der Waals surface area contributed by atoms with E-state index in [4.69, 9.17) is 53.8 Å². The van der Waals surface area contributed by atoms with Gasteiger partial charge in [0.25, 0.3) is 5.56 Å². The van der Waals surface area contributed by atoms with Crippen molar-refractivity contribution in [3.63, 3.8) is 0 Å². The first-order valence-electron chi connectivity index (χ1n) is 14.5. The third-order valence-electron chi connectivity index (χ3n) is 7.09. The second-order valence-corrected chi connectivity index (χ2v) is 13.9. The zero-order valence-electron chi connectivity index (χ0n) is 26.0. The van der Waals surface area contributed by atoms with Crippen LogP contribution in [-0.2, 0) is 16.1 Å². The number of methoxy groups -OCH3 is 1. The summed E-state index contributed by atoms with van der Waals surface area (Å²) < 4.78 is 25.6. The molecule has 246 valence electrons. The topological polar surface area (TPSA) is 88.4 Å². The number of rotatable bonds is 10. The number of thiazole rings is 1. The lowest BCUT2D eigenvalue weighted by Gasteiger charge is -2.25. The molecule has 8 nitrogen and oxygen atoms in total. The van der Waals surface area contributed by atoms with E-state index in [9.17, 15) is 9.59 Å². The number of benzene rings is 3. The molecule has 0 fully saturated rings. The van der Waals surface area contributed by atoms with Gasteiger partial charge in [-0.25, -0.2) is 9.79 Å². The number of ether oxygens (including phenoxy) is 4. The molecule has 0 amide bonds. The van der Waals surface area contributed by atoms with Gasteiger partial charge in [0.15, 0.2) is 16.3 Å². The Morgan fingerprint density at radius 1 is 1.09 bits per heavy atom. The highest BCUT2D eigenvalue weighted by Crippen LogP contribution is 2.37. The fraction of sp³-hybridized carbons (Fsp3) is 0.265. The summed E-state index contributed by atoms with van der Waals surface area (Å²) in [6.45, 7) is 7.58. The molecular weight excluding hydrogens is 751 g/mol. The maximum atomic E-state index is 14.3. The number of esters is 1. The summed E-state index contributed by atoms with van der Waals surface area (Å²) in [6.07, 6.45) is 1.60. The van der Waals surface area contributed by atoms with Crippen molar-refractivity contribution in [2.45, 2.75) is 46.4 Å². The summed E-state index contributed by atoms with van der Waals surface area (Å²) in [4.78, 5) is 32.7. The van der Waals surface area contributed by atoms with E-state index in [1.807, 2.05) is 19.9 Å². The number of carbonyl (C=O) groups is 1. The van der Waals surface area contributed by atoms with Crippen molar-refractivity contribution in [3.05, 3.63) is 116 Å². The van der Waals surface area contributed by atoms with E-state index in [-0.39, 0.29) is 30.5 Å². The van der Waals surface area contributed by atoms with Crippen LogP contribution >= 0.6 is 62.1 Å². The van der Waals surface area contributed by atoms with Crippen molar-refractivity contribution in [2.75, 3.05) is 13.7 Å². The second kappa shape index (κ2) is 14.9. The van der Waals surface area contributed by atoms with E-state index in [1.165, 1.54) is 23.0 Å². The molecule has 0 spiro atoms. The van der Waals surface area contributed by atoms with Gasteiger partial charge in [-0.2, -0.15) is 0 Å². The smallest absolute Gasteiger partial charge is 0.338 e. The highest BCUT2D eigenvalue weighted by atomic mass is 79.9. The van der Waals surface area contributed by atoms with E-state index in [1.54, 1.807) is 62.4 Å². The lowest BCUT2D eigenvalue weighted by Crippen LogP contribution is -2.40. The average Bonchev–Trinajstić information content (AvgIpc) is 3.30. The van der Waals surface area contributed by atoms with Gasteiger partial charge in [-0.15, -0.1) is 0 Å². The van der Waals surface area contributed by atoms with E-state index in [0.717, 1.165) is 5.56 Å². The number of hydrogen-bond acceptors (Lipinski definition) is 8. The Bertz CT molecular complexity index is 2070. The summed E-state index contributed by atoms with van der Waals surface area (Å²) in [5, 5.41) is 1.41. The molecule has 3 aromatic carbocycles. The van der Waals surface area contributed by atoms with Crippen LogP contribution in [0, 0.1) is 0 Å². The molecule has 0 saturated carbocycles. The maximum Gasteiger partial charge on any atom is 0.338 e. The number of allylic oxidation sites excluding steroid dienone is 1. The zero-order chi connectivity index (χ0) is 34.0. The summed E-state index contributed by atoms with van der Waals surface area (Å²) in [5.41, 5.74) is 2.23. The fourth-order valence-corrected chi connectivity index (χ4v) is 7.53. The van der Waals surface area contributed by atoms with Crippen LogP contribution in [0.5, 0.6) is 17.2 Å². The van der Waals surface area contributed by atoms with E-state index < -0.39 is 12.0 Å². The largest absolute Gasteiger partial charge is 0.493 e. The number of nitrogens with zero attached hydrogens (tertiary/aromatic N) is 2. The van der Waals surface area contributed by atoms with Crippen molar-refractivity contribution in [1.82, 2.24) is 4.57 Å². The summed E-state index contributed by atoms with van der Waals surface area (Å²) >= 11 is 23.6. The first kappa shape index (κ1) is 35.0. The van der Waals surface area contributed by atoms with Gasteiger partial charge in [0.2, 0.25) is 0 Å². The molecule has 0 bridgehead atoms. The molecule has 4 aromatic rings. The van der Waals surface area contributed by atoms with Gasteiger partial charge in [-0.3, -0.25) is 9.36 Å². The first-order chi connectivity index (χ1) is 22.4. The second-order valence-electron chi connectivity index (χ2n) is 10.7. The first-order valence-corrected chi connectivity index (χ1v) is 17.3. The normalized spacial score (nSPS) is 14.6. The van der Waals surface area contributed by atoms with E-state index in [2.05, 4.69) is 20.9 Å². The van der Waals surface area contributed by atoms with Gasteiger partial charge in [-0.1, -0.05) is 58.3 Å². The van der Waals surface area contributed by atoms with Gasteiger partial charge in [-0.05, 0) is 91.7 Å². The quantitative estimate of drug-likeness (QED) is 0.152. The Balaban J connectivity index is 1.66. The third-order valence-corrected chi connectivity index (χ3v) is 9.47. The van der Waals surface area contributed by atoms with E-state index in [0.29, 0.717) is 62.9 Å². The zero-order valence-corrected chi connectivity index (χ0v) is 30.7. The van der Waals surface area contributed by atoms with Gasteiger partial charge in [0, 0.05) is 26.2 Å². The van der Waals surface area contributed by atoms with Crippen molar-refractivity contribution in [3.8, 4) is 17.2 Å². The van der Waals surface area contributed by atoms with Crippen LogP contribution in [0.3, 0.4) is 0 Å². The van der Waals surface area contributed by atoms with Crippen molar-refractivity contribution < 1.29 is 23.7 Å². The summed E-state index contributed by atoms with van der Waals surface area (Å²) in [7, 11) is 1.54. The molecule has 0 aliphatic carbocycles. The molecule has 2 heterocycles. The molecule has 1 aliphatic heterocycles. The third kappa shape index (κ3) is 7.57. The highest BCUT2D eigenvalue weighted by molar-refractivity contribution is 9.10. The minimum Gasteiger partial charge on any atom is -0.493 e. The molecule has 0 saturated heterocycles. The standard InChI is InChI=1S/C34H30BrCl3N2O6S/c1-6-44-33(42)29-18(4)39-34-40(30(29)19-8-10-26(46-17(2)3)27(12-19)43-5)32(41)28(47-34)13-21-11-23(37)14-24(35)31(21)45-16-20-7-9-22(36)15-25(20)38/h7-15,17,30H,6,16H2,1-5H3/b28-13+/t30-/m0/s1. The van der Waals surface area contributed by atoms with Crippen molar-refractivity contribution in [1.29, 1.82) is 0 Å². The molecule has 1 aromatic heterocycles. The number of fused-ring (bicyclic) bond motifs is 1. The van der Waals surface area contributed by atoms with Crippen LogP contribution in [0.1, 0.15) is 50.4 Å². The maximum absolute atomic E-state index is 14.3. The molecule has 1 aliphatic rings. The van der Waals surface area contributed by atoms with Crippen LogP contribution in [0.25, 0.3) is 6.08 Å². The van der Waals surface area contributed by atoms with Crippen LogP contribution in [0.4, 0.5) is 0 Å². The molecular formula is C34H30BrCl3N2O6S. The van der Waals surface area contributed by atoms with Gasteiger partial charge in [0.1, 0.15) is 12.4 Å². The Morgan fingerprint density at radius 3 is 2.53 bits per heavy atom. The SMILES string of the molecule is CCOC(=O)C1=C(C)N=c2s/c(=C/c3cc(Cl)cc(Br)c3OCc3ccc(Cl)cc3Cl)c(=O)n2[C@H]1c1ccc(OC(C)C)c(OC)c1. The lowest BCUT2D eigenvalue weighted by atomic mass is 9.95. The van der Waals surface area contributed by atoms with Crippen LogP contribution in [-0.4, -0.2) is 30.4 Å². The number of carbonyl (C=O) groups excluding carboxylic acids is 1. The summed E-state index contributed by atoms with van der Waals surface area (Å²) in [5.74, 6) is 0.889. The fourth-order valence-electron chi connectivity index (χ4n) is 5.08. The Labute approximate surface area is 298 Å². The lowest BCUT2D eigenvalue weighted by molar-refractivity contribution is -0.139. The van der Waals surface area contributed by atoms with Gasteiger partial charge < -0.3 is 18.9 Å². The minimum absolute atomic E-state index is 0.0896. The van der Waals surface area contributed by atoms with Crippen molar-refractivity contribution in [2.24, 2.45) is 4.99 Å². The molecule has 47 heavy (non-hydrogen) atoms. The van der Waals surface area contributed by atoms with Crippen LogP contribution in [0.15, 0.2) is 74.1 Å². The predicted molar refractivity (Wildman–Crippen MR) is 189 cm³/mol.